The van der Waals surface area contributed by atoms with Crippen molar-refractivity contribution in [3.63, 3.8) is 0 Å². The number of ether oxygens (including phenoxy) is 2. The van der Waals surface area contributed by atoms with E-state index in [-0.39, 0.29) is 35.0 Å². The van der Waals surface area contributed by atoms with Crippen molar-refractivity contribution in [2.45, 2.75) is 56.7 Å². The van der Waals surface area contributed by atoms with Gasteiger partial charge >= 0.3 is 0 Å². The van der Waals surface area contributed by atoms with Crippen LogP contribution in [-0.4, -0.2) is 59.4 Å². The average Bonchev–Trinajstić information content (AvgIpc) is 3.15. The standard InChI is InChI=1S/C20H34N4O4S.HI/c1-20(2,3)24-29(25,26)18-9-6-5-8-16(18)14-23-19(21-4)22-11-7-12-28-17-10-13-27-15-17;/h5-6,8-9,17,24H,7,10-15H2,1-4H3,(H2,21,22,23);1H. The summed E-state index contributed by atoms with van der Waals surface area (Å²) >= 11 is 0. The van der Waals surface area contributed by atoms with Crippen molar-refractivity contribution in [1.82, 2.24) is 15.4 Å². The largest absolute Gasteiger partial charge is 0.379 e. The summed E-state index contributed by atoms with van der Waals surface area (Å²) < 4.78 is 39.2. The van der Waals surface area contributed by atoms with Crippen LogP contribution < -0.4 is 15.4 Å². The minimum Gasteiger partial charge on any atom is -0.379 e. The number of benzene rings is 1. The molecule has 0 spiro atoms. The van der Waals surface area contributed by atoms with Gasteiger partial charge in [0.1, 0.15) is 0 Å². The number of rotatable bonds is 9. The molecule has 0 aromatic heterocycles. The van der Waals surface area contributed by atoms with Crippen molar-refractivity contribution < 1.29 is 17.9 Å². The number of sulfonamides is 1. The predicted octanol–water partition coefficient (Wildman–Crippen LogP) is 2.24. The summed E-state index contributed by atoms with van der Waals surface area (Å²) in [7, 11) is -1.93. The van der Waals surface area contributed by atoms with Crippen molar-refractivity contribution in [3.8, 4) is 0 Å². The Morgan fingerprint density at radius 1 is 1.27 bits per heavy atom. The van der Waals surface area contributed by atoms with Crippen LogP contribution in [0.1, 0.15) is 39.2 Å². The van der Waals surface area contributed by atoms with Gasteiger partial charge in [0.05, 0.1) is 17.6 Å². The van der Waals surface area contributed by atoms with E-state index in [1.807, 2.05) is 26.8 Å². The molecule has 1 atom stereocenters. The van der Waals surface area contributed by atoms with E-state index in [1.54, 1.807) is 25.2 Å². The SMILES string of the molecule is CN=C(NCCCOC1CCOC1)NCc1ccccc1S(=O)(=O)NC(C)(C)C.I. The van der Waals surface area contributed by atoms with Crippen LogP contribution in [0.15, 0.2) is 34.2 Å². The van der Waals surface area contributed by atoms with Gasteiger partial charge in [0.25, 0.3) is 0 Å². The lowest BCUT2D eigenvalue weighted by Crippen LogP contribution is -2.41. The van der Waals surface area contributed by atoms with Gasteiger partial charge in [-0.05, 0) is 45.2 Å². The lowest BCUT2D eigenvalue weighted by atomic mass is 10.1. The van der Waals surface area contributed by atoms with E-state index in [9.17, 15) is 8.42 Å². The molecule has 1 saturated heterocycles. The molecule has 1 aromatic carbocycles. The molecule has 0 bridgehead atoms. The number of hydrogen-bond donors (Lipinski definition) is 3. The Kier molecular flexibility index (Phi) is 11.6. The van der Waals surface area contributed by atoms with Crippen molar-refractivity contribution in [2.75, 3.05) is 33.4 Å². The molecule has 1 aliphatic heterocycles. The van der Waals surface area contributed by atoms with Crippen LogP contribution >= 0.6 is 24.0 Å². The van der Waals surface area contributed by atoms with Crippen LogP contribution in [0.5, 0.6) is 0 Å². The summed E-state index contributed by atoms with van der Waals surface area (Å²) in [6.45, 7) is 8.64. The molecule has 1 aliphatic rings. The van der Waals surface area contributed by atoms with E-state index in [2.05, 4.69) is 20.3 Å². The number of nitrogens with zero attached hydrogens (tertiary/aromatic N) is 1. The summed E-state index contributed by atoms with van der Waals surface area (Å²) in [4.78, 5) is 4.47. The molecule has 0 radical (unpaired) electrons. The first-order chi connectivity index (χ1) is 13.7. The molecule has 1 aromatic rings. The summed E-state index contributed by atoms with van der Waals surface area (Å²) in [5, 5.41) is 6.40. The van der Waals surface area contributed by atoms with Gasteiger partial charge in [-0.2, -0.15) is 0 Å². The topological polar surface area (TPSA) is 101 Å². The molecular weight excluding hydrogens is 519 g/mol. The minimum atomic E-state index is -3.61. The van der Waals surface area contributed by atoms with Gasteiger partial charge in [-0.25, -0.2) is 13.1 Å². The van der Waals surface area contributed by atoms with Gasteiger partial charge in [0, 0.05) is 38.9 Å². The third-order valence-corrected chi connectivity index (χ3v) is 6.09. The molecule has 1 unspecified atom stereocenters. The first kappa shape index (κ1) is 27.1. The smallest absolute Gasteiger partial charge is 0.241 e. The van der Waals surface area contributed by atoms with Crippen molar-refractivity contribution >= 4 is 40.0 Å². The highest BCUT2D eigenvalue weighted by Gasteiger charge is 2.24. The Morgan fingerprint density at radius 2 is 2.00 bits per heavy atom. The van der Waals surface area contributed by atoms with Gasteiger partial charge in [0.2, 0.25) is 10.0 Å². The number of guanidine groups is 1. The Bertz CT molecular complexity index is 775. The molecule has 0 saturated carbocycles. The Hall–Kier alpha value is -0.950. The highest BCUT2D eigenvalue weighted by atomic mass is 127. The van der Waals surface area contributed by atoms with Gasteiger partial charge < -0.3 is 20.1 Å². The second kappa shape index (κ2) is 12.8. The third-order valence-electron chi connectivity index (χ3n) is 4.23. The van der Waals surface area contributed by atoms with E-state index in [4.69, 9.17) is 9.47 Å². The highest BCUT2D eigenvalue weighted by molar-refractivity contribution is 14.0. The number of hydrogen-bond acceptors (Lipinski definition) is 5. The highest BCUT2D eigenvalue weighted by Crippen LogP contribution is 2.17. The molecule has 1 heterocycles. The van der Waals surface area contributed by atoms with Crippen LogP contribution in [0.4, 0.5) is 0 Å². The maximum Gasteiger partial charge on any atom is 0.241 e. The van der Waals surface area contributed by atoms with Gasteiger partial charge in [-0.15, -0.1) is 24.0 Å². The first-order valence-corrected chi connectivity index (χ1v) is 11.5. The second-order valence-corrected chi connectivity index (χ2v) is 9.68. The summed E-state index contributed by atoms with van der Waals surface area (Å²) in [5.74, 6) is 0.616. The summed E-state index contributed by atoms with van der Waals surface area (Å²) in [5.41, 5.74) is 0.126. The Balaban J connectivity index is 0.00000450. The van der Waals surface area contributed by atoms with E-state index >= 15 is 0 Å². The van der Waals surface area contributed by atoms with Crippen molar-refractivity contribution in [1.29, 1.82) is 0 Å². The quantitative estimate of drug-likeness (QED) is 0.188. The zero-order valence-corrected chi connectivity index (χ0v) is 21.4. The molecule has 3 N–H and O–H groups in total. The molecule has 0 aliphatic carbocycles. The minimum absolute atomic E-state index is 0. The molecular formula is C20H35IN4O4S. The predicted molar refractivity (Wildman–Crippen MR) is 130 cm³/mol. The van der Waals surface area contributed by atoms with E-state index in [0.717, 1.165) is 19.4 Å². The van der Waals surface area contributed by atoms with Gasteiger partial charge in [-0.3, -0.25) is 4.99 Å². The number of nitrogens with one attached hydrogen (secondary N) is 3. The maximum absolute atomic E-state index is 12.7. The summed E-state index contributed by atoms with van der Waals surface area (Å²) in [6.07, 6.45) is 2.02. The average molecular weight is 554 g/mol. The van der Waals surface area contributed by atoms with E-state index < -0.39 is 15.6 Å². The second-order valence-electron chi connectivity index (χ2n) is 8.03. The normalized spacial score (nSPS) is 17.5. The van der Waals surface area contributed by atoms with Crippen LogP contribution in [0.25, 0.3) is 0 Å². The molecule has 0 amide bonds. The van der Waals surface area contributed by atoms with Crippen LogP contribution in [0.3, 0.4) is 0 Å². The molecule has 8 nitrogen and oxygen atoms in total. The molecule has 30 heavy (non-hydrogen) atoms. The lowest BCUT2D eigenvalue weighted by molar-refractivity contribution is 0.0420. The number of halogens is 1. The fourth-order valence-corrected chi connectivity index (χ4v) is 4.60. The van der Waals surface area contributed by atoms with Crippen molar-refractivity contribution in [2.24, 2.45) is 4.99 Å². The molecule has 2 rings (SSSR count). The maximum atomic E-state index is 12.7. The molecule has 1 fully saturated rings. The van der Waals surface area contributed by atoms with Gasteiger partial charge in [-0.1, -0.05) is 18.2 Å². The fourth-order valence-electron chi connectivity index (χ4n) is 2.94. The van der Waals surface area contributed by atoms with Crippen LogP contribution in [-0.2, 0) is 26.0 Å². The summed E-state index contributed by atoms with van der Waals surface area (Å²) in [6, 6.07) is 6.97. The number of aliphatic imine (C=N–C) groups is 1. The van der Waals surface area contributed by atoms with E-state index in [1.165, 1.54) is 0 Å². The lowest BCUT2D eigenvalue weighted by Gasteiger charge is -2.22. The third kappa shape index (κ3) is 9.46. The molecule has 172 valence electrons. The monoisotopic (exact) mass is 554 g/mol. The Labute approximate surface area is 197 Å². The molecule has 10 heteroatoms. The first-order valence-electron chi connectivity index (χ1n) is 9.97. The van der Waals surface area contributed by atoms with Gasteiger partial charge in [0.15, 0.2) is 5.96 Å². The zero-order valence-electron chi connectivity index (χ0n) is 18.2. The zero-order chi connectivity index (χ0) is 21.3. The van der Waals surface area contributed by atoms with E-state index in [0.29, 0.717) is 37.8 Å². The fraction of sp³-hybridized carbons (Fsp3) is 0.650. The van der Waals surface area contributed by atoms with Crippen LogP contribution in [0, 0.1) is 0 Å². The van der Waals surface area contributed by atoms with Crippen LogP contribution in [0.2, 0.25) is 0 Å². The van der Waals surface area contributed by atoms with Crippen molar-refractivity contribution in [3.05, 3.63) is 29.8 Å². The Morgan fingerprint density at radius 3 is 2.63 bits per heavy atom.